The molecule has 156 valence electrons. The lowest BCUT2D eigenvalue weighted by atomic mass is 9.84. The predicted octanol–water partition coefficient (Wildman–Crippen LogP) is 3.60. The highest BCUT2D eigenvalue weighted by Crippen LogP contribution is 2.27. The standard InChI is InChI=1S/C22H28ClN3O3/c1-14(21(27)24-13-18-3-2-10-29-18)15-6-8-26(9-7-15)22(28)20-12-16-11-17(23)4-5-19(16)25-20/h4-5,11-12,14-15,18,25H,2-3,6-10,13H2,1H3,(H,24,27)/t14-,18-/m1/s1. The van der Waals surface area contributed by atoms with Crippen LogP contribution in [0.15, 0.2) is 24.3 Å². The number of nitrogens with one attached hydrogen (secondary N) is 2. The summed E-state index contributed by atoms with van der Waals surface area (Å²) < 4.78 is 5.57. The molecular weight excluding hydrogens is 390 g/mol. The van der Waals surface area contributed by atoms with Crippen LogP contribution < -0.4 is 5.32 Å². The van der Waals surface area contributed by atoms with Crippen LogP contribution in [0.1, 0.15) is 43.1 Å². The van der Waals surface area contributed by atoms with Crippen LogP contribution in [0.5, 0.6) is 0 Å². The number of H-pyrrole nitrogens is 1. The van der Waals surface area contributed by atoms with Gasteiger partial charge in [-0.3, -0.25) is 9.59 Å². The molecule has 6 nitrogen and oxygen atoms in total. The van der Waals surface area contributed by atoms with E-state index in [4.69, 9.17) is 16.3 Å². The van der Waals surface area contributed by atoms with Crippen LogP contribution in [0.25, 0.3) is 10.9 Å². The van der Waals surface area contributed by atoms with Gasteiger partial charge in [0.05, 0.1) is 6.10 Å². The number of halogens is 1. The lowest BCUT2D eigenvalue weighted by Crippen LogP contribution is -2.43. The van der Waals surface area contributed by atoms with Gasteiger partial charge in [0.1, 0.15) is 5.69 Å². The maximum atomic E-state index is 12.9. The summed E-state index contributed by atoms with van der Waals surface area (Å²) in [6.07, 6.45) is 3.94. The van der Waals surface area contributed by atoms with Gasteiger partial charge in [0.25, 0.3) is 5.91 Å². The number of fused-ring (bicyclic) bond motifs is 1. The highest BCUT2D eigenvalue weighted by molar-refractivity contribution is 6.31. The third-order valence-electron chi connectivity index (χ3n) is 6.29. The maximum absolute atomic E-state index is 12.9. The number of rotatable bonds is 5. The van der Waals surface area contributed by atoms with E-state index in [-0.39, 0.29) is 23.8 Å². The highest BCUT2D eigenvalue weighted by atomic mass is 35.5. The fourth-order valence-corrected chi connectivity index (χ4v) is 4.57. The minimum absolute atomic E-state index is 0.00580. The summed E-state index contributed by atoms with van der Waals surface area (Å²) in [4.78, 5) is 30.4. The van der Waals surface area contributed by atoms with Gasteiger partial charge in [-0.1, -0.05) is 18.5 Å². The average molecular weight is 418 g/mol. The first-order valence-corrected chi connectivity index (χ1v) is 10.9. The number of aromatic amines is 1. The van der Waals surface area contributed by atoms with Crippen molar-refractivity contribution in [3.05, 3.63) is 35.0 Å². The van der Waals surface area contributed by atoms with Crippen molar-refractivity contribution in [2.45, 2.75) is 38.7 Å². The number of carbonyl (C=O) groups excluding carboxylic acids is 2. The van der Waals surface area contributed by atoms with Crippen molar-refractivity contribution >= 4 is 34.3 Å². The molecule has 7 heteroatoms. The van der Waals surface area contributed by atoms with Crippen LogP contribution >= 0.6 is 11.6 Å². The Hall–Kier alpha value is -2.05. The SMILES string of the molecule is C[C@@H](C(=O)NC[C@H]1CCCO1)C1CCN(C(=O)c2cc3cc(Cl)ccc3[nH]2)CC1. The van der Waals surface area contributed by atoms with E-state index in [1.807, 2.05) is 36.1 Å². The minimum Gasteiger partial charge on any atom is -0.376 e. The molecule has 2 aliphatic rings. The van der Waals surface area contributed by atoms with Crippen LogP contribution in [-0.4, -0.2) is 54.0 Å². The van der Waals surface area contributed by atoms with E-state index in [0.29, 0.717) is 36.3 Å². The summed E-state index contributed by atoms with van der Waals surface area (Å²) in [6, 6.07) is 7.41. The Balaban J connectivity index is 1.29. The summed E-state index contributed by atoms with van der Waals surface area (Å²) in [5.74, 6) is 0.345. The van der Waals surface area contributed by atoms with Crippen LogP contribution in [0.3, 0.4) is 0 Å². The molecule has 0 aliphatic carbocycles. The molecule has 2 amide bonds. The van der Waals surface area contributed by atoms with Gasteiger partial charge >= 0.3 is 0 Å². The number of ether oxygens (including phenoxy) is 1. The molecule has 3 heterocycles. The van der Waals surface area contributed by atoms with Crippen LogP contribution in [0, 0.1) is 11.8 Å². The molecule has 0 bridgehead atoms. The highest BCUT2D eigenvalue weighted by Gasteiger charge is 2.31. The van der Waals surface area contributed by atoms with Gasteiger partial charge in [-0.15, -0.1) is 0 Å². The van der Waals surface area contributed by atoms with Crippen molar-refractivity contribution in [3.8, 4) is 0 Å². The molecule has 1 aromatic heterocycles. The molecule has 29 heavy (non-hydrogen) atoms. The molecule has 0 spiro atoms. The van der Waals surface area contributed by atoms with Crippen molar-refractivity contribution in [1.29, 1.82) is 0 Å². The molecule has 0 unspecified atom stereocenters. The Labute approximate surface area is 175 Å². The van der Waals surface area contributed by atoms with Crippen molar-refractivity contribution in [1.82, 2.24) is 15.2 Å². The summed E-state index contributed by atoms with van der Waals surface area (Å²) in [5.41, 5.74) is 1.49. The number of carbonyl (C=O) groups is 2. The fourth-order valence-electron chi connectivity index (χ4n) is 4.39. The number of benzene rings is 1. The lowest BCUT2D eigenvalue weighted by molar-refractivity contribution is -0.127. The van der Waals surface area contributed by atoms with E-state index in [0.717, 1.165) is 43.2 Å². The number of hydrogen-bond acceptors (Lipinski definition) is 3. The summed E-state index contributed by atoms with van der Waals surface area (Å²) in [5, 5.41) is 4.63. The van der Waals surface area contributed by atoms with Gasteiger partial charge in [0, 0.05) is 48.1 Å². The number of piperidine rings is 1. The molecule has 2 fully saturated rings. The first-order chi connectivity index (χ1) is 14.0. The Morgan fingerprint density at radius 3 is 2.79 bits per heavy atom. The molecule has 4 rings (SSSR count). The number of hydrogen-bond donors (Lipinski definition) is 2. The lowest BCUT2D eigenvalue weighted by Gasteiger charge is -2.34. The van der Waals surface area contributed by atoms with E-state index in [1.54, 1.807) is 0 Å². The van der Waals surface area contributed by atoms with Crippen molar-refractivity contribution in [3.63, 3.8) is 0 Å². The molecule has 2 N–H and O–H groups in total. The molecule has 2 aromatic rings. The molecule has 2 saturated heterocycles. The maximum Gasteiger partial charge on any atom is 0.270 e. The van der Waals surface area contributed by atoms with Crippen LogP contribution in [0.2, 0.25) is 5.02 Å². The average Bonchev–Trinajstić information content (AvgIpc) is 3.40. The summed E-state index contributed by atoms with van der Waals surface area (Å²) in [6.45, 7) is 4.73. The van der Waals surface area contributed by atoms with E-state index >= 15 is 0 Å². The number of likely N-dealkylation sites (tertiary alicyclic amines) is 1. The van der Waals surface area contributed by atoms with Crippen molar-refractivity contribution < 1.29 is 14.3 Å². The van der Waals surface area contributed by atoms with Gasteiger partial charge in [-0.2, -0.15) is 0 Å². The Bertz CT molecular complexity index is 883. The summed E-state index contributed by atoms with van der Waals surface area (Å²) >= 11 is 6.04. The van der Waals surface area contributed by atoms with Crippen LogP contribution in [-0.2, 0) is 9.53 Å². The fraction of sp³-hybridized carbons (Fsp3) is 0.545. The third-order valence-corrected chi connectivity index (χ3v) is 6.52. The molecule has 2 aliphatic heterocycles. The van der Waals surface area contributed by atoms with Gasteiger partial charge < -0.3 is 19.9 Å². The van der Waals surface area contributed by atoms with Crippen molar-refractivity contribution in [2.24, 2.45) is 11.8 Å². The normalized spacial score (nSPS) is 21.4. The monoisotopic (exact) mass is 417 g/mol. The van der Waals surface area contributed by atoms with Gasteiger partial charge in [0.15, 0.2) is 0 Å². The van der Waals surface area contributed by atoms with E-state index in [1.165, 1.54) is 0 Å². The number of aromatic nitrogens is 1. The molecular formula is C22H28ClN3O3. The summed E-state index contributed by atoms with van der Waals surface area (Å²) in [7, 11) is 0. The largest absolute Gasteiger partial charge is 0.376 e. The minimum atomic E-state index is -0.0520. The van der Waals surface area contributed by atoms with E-state index in [2.05, 4.69) is 10.3 Å². The van der Waals surface area contributed by atoms with Crippen molar-refractivity contribution in [2.75, 3.05) is 26.2 Å². The zero-order valence-electron chi connectivity index (χ0n) is 16.7. The number of nitrogens with zero attached hydrogens (tertiary/aromatic N) is 1. The molecule has 1 aromatic carbocycles. The first-order valence-electron chi connectivity index (χ1n) is 10.5. The number of amides is 2. The molecule has 0 radical (unpaired) electrons. The Morgan fingerprint density at radius 2 is 2.07 bits per heavy atom. The first kappa shape index (κ1) is 20.2. The molecule has 2 atom stereocenters. The zero-order valence-corrected chi connectivity index (χ0v) is 17.5. The van der Waals surface area contributed by atoms with E-state index < -0.39 is 0 Å². The van der Waals surface area contributed by atoms with Gasteiger partial charge in [-0.25, -0.2) is 0 Å². The van der Waals surface area contributed by atoms with Gasteiger partial charge in [0.2, 0.25) is 5.91 Å². The second-order valence-electron chi connectivity index (χ2n) is 8.21. The zero-order chi connectivity index (χ0) is 20.4. The Morgan fingerprint density at radius 1 is 1.28 bits per heavy atom. The third kappa shape index (κ3) is 4.59. The quantitative estimate of drug-likeness (QED) is 0.780. The Kier molecular flexibility index (Phi) is 6.11. The van der Waals surface area contributed by atoms with E-state index in [9.17, 15) is 9.59 Å². The second-order valence-corrected chi connectivity index (χ2v) is 8.65. The topological polar surface area (TPSA) is 74.4 Å². The van der Waals surface area contributed by atoms with Gasteiger partial charge in [-0.05, 0) is 55.9 Å². The molecule has 0 saturated carbocycles. The predicted molar refractivity (Wildman–Crippen MR) is 113 cm³/mol. The second kappa shape index (κ2) is 8.76. The smallest absolute Gasteiger partial charge is 0.270 e. The van der Waals surface area contributed by atoms with Crippen LogP contribution in [0.4, 0.5) is 0 Å².